The van der Waals surface area contributed by atoms with Gasteiger partial charge in [0.2, 0.25) is 0 Å². The molecule has 38 heavy (non-hydrogen) atoms. The van der Waals surface area contributed by atoms with E-state index < -0.39 is 12.3 Å². The number of halogens is 1. The molecule has 3 aromatic carbocycles. The Morgan fingerprint density at radius 2 is 1.82 bits per heavy atom. The Bertz CT molecular complexity index is 1610. The van der Waals surface area contributed by atoms with Gasteiger partial charge < -0.3 is 4.98 Å². The summed E-state index contributed by atoms with van der Waals surface area (Å²) < 4.78 is 1.44. The van der Waals surface area contributed by atoms with Crippen LogP contribution in [0.25, 0.3) is 22.2 Å². The molecule has 0 bridgehead atoms. The van der Waals surface area contributed by atoms with E-state index in [-0.39, 0.29) is 12.3 Å². The van der Waals surface area contributed by atoms with Gasteiger partial charge in [0.25, 0.3) is 0 Å². The molecular weight excluding hydrogens is 597 g/mol. The Labute approximate surface area is 236 Å². The van der Waals surface area contributed by atoms with Crippen molar-refractivity contribution in [3.63, 3.8) is 0 Å². The number of aromatic amines is 1. The molecule has 190 valence electrons. The summed E-state index contributed by atoms with van der Waals surface area (Å²) in [6.45, 7) is 0. The third kappa shape index (κ3) is 5.74. The van der Waals surface area contributed by atoms with E-state index in [4.69, 9.17) is 11.6 Å². The van der Waals surface area contributed by atoms with Gasteiger partial charge in [-0.25, -0.2) is 9.97 Å². The van der Waals surface area contributed by atoms with E-state index in [2.05, 4.69) is 57.8 Å². The van der Waals surface area contributed by atoms with Crippen LogP contribution >= 0.6 is 31.6 Å². The third-order valence-electron chi connectivity index (χ3n) is 6.00. The number of hydrogen-bond acceptors (Lipinski definition) is 6. The van der Waals surface area contributed by atoms with E-state index in [1.165, 1.54) is 15.9 Å². The van der Waals surface area contributed by atoms with Crippen molar-refractivity contribution in [2.45, 2.75) is 6.42 Å². The van der Waals surface area contributed by atoms with E-state index in [0.29, 0.717) is 16.7 Å². The minimum absolute atomic E-state index is 0.0539. The Morgan fingerprint density at radius 1 is 1.00 bits per heavy atom. The molecule has 0 saturated carbocycles. The van der Waals surface area contributed by atoms with Crippen LogP contribution in [-0.4, -0.2) is 44.7 Å². The Balaban J connectivity index is 1.13. The van der Waals surface area contributed by atoms with Crippen LogP contribution < -0.4 is 15.0 Å². The molecule has 0 spiro atoms. The zero-order valence-corrected chi connectivity index (χ0v) is 24.4. The zero-order chi connectivity index (χ0) is 25.9. The number of fused-ring (bicyclic) bond motifs is 1. The van der Waals surface area contributed by atoms with Crippen LogP contribution in [0, 0.1) is 0 Å². The summed E-state index contributed by atoms with van der Waals surface area (Å²) in [7, 11) is 4.24. The molecule has 6 nitrogen and oxygen atoms in total. The molecule has 10 heteroatoms. The van der Waals surface area contributed by atoms with Gasteiger partial charge in [-0.1, -0.05) is 29.8 Å². The van der Waals surface area contributed by atoms with Crippen LogP contribution in [0.5, 0.6) is 0 Å². The fourth-order valence-electron chi connectivity index (χ4n) is 4.26. The van der Waals surface area contributed by atoms with E-state index in [0.717, 1.165) is 33.4 Å². The summed E-state index contributed by atoms with van der Waals surface area (Å²) in [5.41, 5.74) is 5.09. The molecule has 0 atom stereocenters. The van der Waals surface area contributed by atoms with Gasteiger partial charge in [0.05, 0.1) is 16.9 Å². The Morgan fingerprint density at radius 3 is 2.66 bits per heavy atom. The van der Waals surface area contributed by atoms with Crippen molar-refractivity contribution in [2.24, 2.45) is 0 Å². The molecule has 1 saturated heterocycles. The molecule has 1 fully saturated rings. The summed E-state index contributed by atoms with van der Waals surface area (Å²) in [5.74, 6) is 2.89. The fourth-order valence-corrected chi connectivity index (χ4v) is 18.6. The van der Waals surface area contributed by atoms with Gasteiger partial charge in [-0.05, 0) is 6.07 Å². The van der Waals surface area contributed by atoms with E-state index in [1.807, 2.05) is 66.9 Å². The Hall–Kier alpha value is -2.90. The predicted octanol–water partition coefficient (Wildman–Crippen LogP) is 6.38. The minimum atomic E-state index is -0.996. The second kappa shape index (κ2) is 11.5. The molecule has 3 heterocycles. The van der Waals surface area contributed by atoms with Gasteiger partial charge in [-0.2, -0.15) is 0 Å². The number of hydrogen-bond donors (Lipinski definition) is 3. The maximum atomic E-state index is 12.7. The molecule has 1 aliphatic heterocycles. The molecule has 0 unspecified atom stereocenters. The van der Waals surface area contributed by atoms with Gasteiger partial charge in [-0.3, -0.25) is 0 Å². The van der Waals surface area contributed by atoms with Crippen molar-refractivity contribution in [3.05, 3.63) is 95.8 Å². The Kier molecular flexibility index (Phi) is 7.65. The van der Waals surface area contributed by atoms with Gasteiger partial charge in [0, 0.05) is 22.7 Å². The first-order valence-electron chi connectivity index (χ1n) is 12.0. The summed E-state index contributed by atoms with van der Waals surface area (Å²) in [5, 5.41) is 7.79. The topological polar surface area (TPSA) is 82.7 Å². The van der Waals surface area contributed by atoms with Crippen LogP contribution in [-0.2, 0) is 11.2 Å². The standard InChI is InChI=1S/C28H23AsClN5OS2/c30-24-17-32-28(35-27(24)23-16-31-25-7-2-1-6-22(23)25)34-21-5-3-4-18(14-21)15-26(36)33-20-10-8-19(9-11-20)29-37-12-13-38-29/h1-11,14,16-17,31H,12-13,15H2,(H,33,36)(H,32,34,35). The van der Waals surface area contributed by atoms with Crippen LogP contribution in [0.15, 0.2) is 85.2 Å². The summed E-state index contributed by atoms with van der Waals surface area (Å²) in [4.78, 5) is 25.1. The second-order valence-corrected chi connectivity index (χ2v) is 20.8. The van der Waals surface area contributed by atoms with E-state index in [9.17, 15) is 4.79 Å². The molecule has 6 rings (SSSR count). The number of carbonyl (C=O) groups is 1. The average molecular weight is 620 g/mol. The van der Waals surface area contributed by atoms with Gasteiger partial charge in [0.1, 0.15) is 0 Å². The first-order chi connectivity index (χ1) is 18.6. The number of anilines is 3. The van der Waals surface area contributed by atoms with Crippen LogP contribution in [0.3, 0.4) is 0 Å². The van der Waals surface area contributed by atoms with Crippen LogP contribution in [0.2, 0.25) is 5.02 Å². The molecule has 1 amide bonds. The second-order valence-electron chi connectivity index (χ2n) is 8.66. The predicted molar refractivity (Wildman–Crippen MR) is 163 cm³/mol. The molecule has 3 N–H and O–H groups in total. The van der Waals surface area contributed by atoms with Crippen LogP contribution in [0.4, 0.5) is 17.3 Å². The van der Waals surface area contributed by atoms with Crippen molar-refractivity contribution in [1.82, 2.24) is 15.0 Å². The maximum absolute atomic E-state index is 12.7. The number of carbonyl (C=O) groups excluding carboxylic acids is 1. The quantitative estimate of drug-likeness (QED) is 0.184. The van der Waals surface area contributed by atoms with Crippen molar-refractivity contribution >= 4 is 82.5 Å². The molecule has 0 aliphatic carbocycles. The number of nitrogens with one attached hydrogen (secondary N) is 3. The third-order valence-corrected chi connectivity index (χ3v) is 20.0. The molecule has 2 aromatic heterocycles. The number of aromatic nitrogens is 3. The summed E-state index contributed by atoms with van der Waals surface area (Å²) >= 11 is 5.47. The number of rotatable bonds is 7. The summed E-state index contributed by atoms with van der Waals surface area (Å²) in [6, 6.07) is 24.1. The number of nitrogens with zero attached hydrogens (tertiary/aromatic N) is 2. The molecule has 5 aromatic rings. The molecule has 0 radical (unpaired) electrons. The number of para-hydroxylation sites is 1. The van der Waals surface area contributed by atoms with Crippen molar-refractivity contribution in [3.8, 4) is 11.3 Å². The fraction of sp³-hybridized carbons (Fsp3) is 0.107. The zero-order valence-electron chi connectivity index (χ0n) is 20.1. The van der Waals surface area contributed by atoms with Crippen molar-refractivity contribution < 1.29 is 4.79 Å². The van der Waals surface area contributed by atoms with Crippen molar-refractivity contribution in [2.75, 3.05) is 22.1 Å². The van der Waals surface area contributed by atoms with Gasteiger partial charge in [-0.15, -0.1) is 0 Å². The van der Waals surface area contributed by atoms with Gasteiger partial charge in [0.15, 0.2) is 0 Å². The van der Waals surface area contributed by atoms with E-state index in [1.54, 1.807) is 6.20 Å². The molecular formula is C28H23AsClN5OS2. The monoisotopic (exact) mass is 619 g/mol. The number of benzene rings is 3. The molecule has 1 aliphatic rings. The SMILES string of the molecule is O=C(Cc1cccc(Nc2ncc(Cl)c(-c3c[nH]c4ccccc34)n2)c1)Nc1ccc([As]2SCCS2)cc1. The first kappa shape index (κ1) is 25.4. The van der Waals surface area contributed by atoms with Crippen LogP contribution in [0.1, 0.15) is 5.56 Å². The van der Waals surface area contributed by atoms with E-state index >= 15 is 0 Å². The van der Waals surface area contributed by atoms with Crippen molar-refractivity contribution in [1.29, 1.82) is 0 Å². The van der Waals surface area contributed by atoms with Gasteiger partial charge >= 0.3 is 147 Å². The number of H-pyrrole nitrogens is 1. The number of amides is 1. The average Bonchev–Trinajstić information content (AvgIpc) is 3.61. The first-order valence-corrected chi connectivity index (χ1v) is 19.8. The normalized spacial score (nSPS) is 13.6. The summed E-state index contributed by atoms with van der Waals surface area (Å²) in [6.07, 6.45) is 3.77.